The predicted octanol–water partition coefficient (Wildman–Crippen LogP) is 4.00. The molecular formula is C27H25N5O2S. The number of hydrogen-bond donors (Lipinski definition) is 1. The lowest BCUT2D eigenvalue weighted by Gasteiger charge is -2.11. The lowest BCUT2D eigenvalue weighted by atomic mass is 10.1. The van der Waals surface area contributed by atoms with Crippen LogP contribution in [0, 0.1) is 6.92 Å². The highest BCUT2D eigenvalue weighted by Crippen LogP contribution is 2.21. The van der Waals surface area contributed by atoms with E-state index in [9.17, 15) is 9.59 Å². The molecule has 0 bridgehead atoms. The number of benzene rings is 3. The number of amides is 1. The Morgan fingerprint density at radius 2 is 1.66 bits per heavy atom. The molecule has 0 aliphatic heterocycles. The molecule has 5 aromatic rings. The molecule has 2 aromatic heterocycles. The second-order valence-corrected chi connectivity index (χ2v) is 9.32. The Labute approximate surface area is 206 Å². The van der Waals surface area contributed by atoms with Crippen LogP contribution in [0.4, 0.5) is 0 Å². The summed E-state index contributed by atoms with van der Waals surface area (Å²) in [7, 11) is 0. The third-order valence-electron chi connectivity index (χ3n) is 5.89. The van der Waals surface area contributed by atoms with Gasteiger partial charge in [-0.2, -0.15) is 0 Å². The first-order chi connectivity index (χ1) is 17.1. The molecule has 0 fully saturated rings. The van der Waals surface area contributed by atoms with E-state index in [2.05, 4.69) is 15.5 Å². The van der Waals surface area contributed by atoms with Crippen molar-refractivity contribution in [2.45, 2.75) is 31.6 Å². The van der Waals surface area contributed by atoms with Gasteiger partial charge >= 0.3 is 0 Å². The fraction of sp³-hybridized carbons (Fsp3) is 0.185. The molecule has 0 saturated carbocycles. The van der Waals surface area contributed by atoms with Crippen LogP contribution in [0.15, 0.2) is 88.8 Å². The summed E-state index contributed by atoms with van der Waals surface area (Å²) in [6.07, 6.45) is 0.700. The first-order valence-corrected chi connectivity index (χ1v) is 12.4. The number of aryl methyl sites for hydroxylation is 3. The molecule has 0 atom stereocenters. The smallest absolute Gasteiger partial charge is 0.262 e. The van der Waals surface area contributed by atoms with Gasteiger partial charge in [-0.15, -0.1) is 10.2 Å². The van der Waals surface area contributed by atoms with Gasteiger partial charge in [0.05, 0.1) is 16.7 Å². The zero-order valence-electron chi connectivity index (χ0n) is 19.3. The van der Waals surface area contributed by atoms with E-state index in [-0.39, 0.29) is 17.2 Å². The van der Waals surface area contributed by atoms with Crippen molar-refractivity contribution in [1.29, 1.82) is 0 Å². The number of hydrogen-bond acceptors (Lipinski definition) is 5. The molecule has 0 radical (unpaired) electrons. The minimum atomic E-state index is -0.0937. The number of fused-ring (bicyclic) bond motifs is 3. The second-order valence-electron chi connectivity index (χ2n) is 8.38. The van der Waals surface area contributed by atoms with Crippen molar-refractivity contribution in [3.8, 4) is 0 Å². The van der Waals surface area contributed by atoms with Crippen molar-refractivity contribution in [1.82, 2.24) is 24.5 Å². The monoisotopic (exact) mass is 483 g/mol. The zero-order chi connectivity index (χ0) is 24.2. The molecule has 1 N–H and O–H groups in total. The van der Waals surface area contributed by atoms with Gasteiger partial charge in [0.2, 0.25) is 11.7 Å². The number of aromatic nitrogens is 4. The summed E-state index contributed by atoms with van der Waals surface area (Å²) in [6, 6.07) is 25.6. The first-order valence-electron chi connectivity index (χ1n) is 11.5. The Morgan fingerprint density at radius 3 is 2.46 bits per heavy atom. The number of thioether (sulfide) groups is 1. The number of carbonyl (C=O) groups is 1. The van der Waals surface area contributed by atoms with E-state index in [1.54, 1.807) is 4.57 Å². The largest absolute Gasteiger partial charge is 0.351 e. The maximum Gasteiger partial charge on any atom is 0.262 e. The van der Waals surface area contributed by atoms with Crippen LogP contribution in [0.2, 0.25) is 0 Å². The SMILES string of the molecule is Cc1ccc(CNC(=O)CSc2nnc3n(CCc4ccccc4)c(=O)c4ccccc4n23)cc1. The highest BCUT2D eigenvalue weighted by atomic mass is 32.2. The molecule has 3 aromatic carbocycles. The molecule has 2 heterocycles. The lowest BCUT2D eigenvalue weighted by molar-refractivity contribution is -0.118. The lowest BCUT2D eigenvalue weighted by Crippen LogP contribution is -2.25. The van der Waals surface area contributed by atoms with Crippen LogP contribution in [-0.2, 0) is 24.3 Å². The van der Waals surface area contributed by atoms with Gasteiger partial charge in [-0.1, -0.05) is 84.1 Å². The van der Waals surface area contributed by atoms with Crippen LogP contribution in [0.1, 0.15) is 16.7 Å². The van der Waals surface area contributed by atoms with Crippen LogP contribution in [-0.4, -0.2) is 30.8 Å². The minimum absolute atomic E-state index is 0.0889. The minimum Gasteiger partial charge on any atom is -0.351 e. The number of nitrogens with zero attached hydrogens (tertiary/aromatic N) is 4. The van der Waals surface area contributed by atoms with E-state index in [4.69, 9.17) is 0 Å². The van der Waals surface area contributed by atoms with Crippen LogP contribution >= 0.6 is 11.8 Å². The van der Waals surface area contributed by atoms with E-state index < -0.39 is 0 Å². The van der Waals surface area contributed by atoms with E-state index in [0.29, 0.717) is 35.8 Å². The topological polar surface area (TPSA) is 81.3 Å². The third kappa shape index (κ3) is 4.97. The van der Waals surface area contributed by atoms with Gasteiger partial charge in [-0.05, 0) is 36.6 Å². The summed E-state index contributed by atoms with van der Waals surface area (Å²) in [4.78, 5) is 25.8. The van der Waals surface area contributed by atoms with Gasteiger partial charge in [-0.3, -0.25) is 18.6 Å². The summed E-state index contributed by atoms with van der Waals surface area (Å²) >= 11 is 1.31. The molecule has 1 amide bonds. The molecule has 5 rings (SSSR count). The highest BCUT2D eigenvalue weighted by molar-refractivity contribution is 7.99. The quantitative estimate of drug-likeness (QED) is 0.338. The van der Waals surface area contributed by atoms with E-state index in [1.165, 1.54) is 17.3 Å². The molecule has 8 heteroatoms. The standard InChI is InChI=1S/C27H25N5O2S/c1-19-11-13-21(14-12-19)17-28-24(33)18-35-27-30-29-26-31(16-15-20-7-3-2-4-8-20)25(34)22-9-5-6-10-23(22)32(26)27/h2-14H,15-18H2,1H3,(H,28,33). The molecule has 176 valence electrons. The normalized spacial score (nSPS) is 11.2. The summed E-state index contributed by atoms with van der Waals surface area (Å²) in [6.45, 7) is 2.99. The average Bonchev–Trinajstić information content (AvgIpc) is 3.31. The Kier molecular flexibility index (Phi) is 6.63. The molecule has 0 aliphatic rings. The van der Waals surface area contributed by atoms with Crippen LogP contribution < -0.4 is 10.9 Å². The van der Waals surface area contributed by atoms with Crippen molar-refractivity contribution in [2.24, 2.45) is 0 Å². The summed E-state index contributed by atoms with van der Waals surface area (Å²) in [5, 5.41) is 12.8. The van der Waals surface area contributed by atoms with Crippen molar-refractivity contribution in [3.05, 3.63) is 106 Å². The third-order valence-corrected chi connectivity index (χ3v) is 6.82. The molecule has 0 saturated heterocycles. The summed E-state index contributed by atoms with van der Waals surface area (Å²) < 4.78 is 3.55. The molecule has 0 unspecified atom stereocenters. The highest BCUT2D eigenvalue weighted by Gasteiger charge is 2.17. The van der Waals surface area contributed by atoms with Crippen LogP contribution in [0.5, 0.6) is 0 Å². The fourth-order valence-electron chi connectivity index (χ4n) is 4.00. The van der Waals surface area contributed by atoms with Crippen molar-refractivity contribution in [2.75, 3.05) is 5.75 Å². The van der Waals surface area contributed by atoms with Crippen LogP contribution in [0.3, 0.4) is 0 Å². The molecule has 7 nitrogen and oxygen atoms in total. The van der Waals surface area contributed by atoms with Gasteiger partial charge in [-0.25, -0.2) is 0 Å². The van der Waals surface area contributed by atoms with Gasteiger partial charge in [0, 0.05) is 13.1 Å². The Bertz CT molecular complexity index is 1540. The molecule has 0 spiro atoms. The van der Waals surface area contributed by atoms with Crippen LogP contribution in [0.25, 0.3) is 16.7 Å². The van der Waals surface area contributed by atoms with E-state index >= 15 is 0 Å². The summed E-state index contributed by atoms with van der Waals surface area (Å²) in [5.74, 6) is 0.589. The Hall–Kier alpha value is -3.91. The van der Waals surface area contributed by atoms with Gasteiger partial charge in [0.15, 0.2) is 5.16 Å². The maximum absolute atomic E-state index is 13.3. The first kappa shape index (κ1) is 22.9. The summed E-state index contributed by atoms with van der Waals surface area (Å²) in [5.41, 5.74) is 4.02. The fourth-order valence-corrected chi connectivity index (χ4v) is 4.77. The number of para-hydroxylation sites is 1. The van der Waals surface area contributed by atoms with Gasteiger partial charge in [0.25, 0.3) is 5.56 Å². The number of nitrogens with one attached hydrogen (secondary N) is 1. The molecular weight excluding hydrogens is 458 g/mol. The van der Waals surface area contributed by atoms with Gasteiger partial charge in [0.1, 0.15) is 0 Å². The van der Waals surface area contributed by atoms with Crippen molar-refractivity contribution < 1.29 is 4.79 Å². The van der Waals surface area contributed by atoms with Crippen molar-refractivity contribution >= 4 is 34.3 Å². The van der Waals surface area contributed by atoms with E-state index in [1.807, 2.05) is 90.2 Å². The van der Waals surface area contributed by atoms with Crippen molar-refractivity contribution in [3.63, 3.8) is 0 Å². The number of rotatable bonds is 8. The molecule has 35 heavy (non-hydrogen) atoms. The second kappa shape index (κ2) is 10.1. The van der Waals surface area contributed by atoms with E-state index in [0.717, 1.165) is 16.6 Å². The Morgan fingerprint density at radius 1 is 0.914 bits per heavy atom. The zero-order valence-corrected chi connectivity index (χ0v) is 20.2. The number of carbonyl (C=O) groups excluding carboxylic acids is 1. The molecule has 0 aliphatic carbocycles. The Balaban J connectivity index is 1.39. The average molecular weight is 484 g/mol. The van der Waals surface area contributed by atoms with Gasteiger partial charge < -0.3 is 5.32 Å². The predicted molar refractivity (Wildman–Crippen MR) is 139 cm³/mol. The maximum atomic E-state index is 13.3.